The van der Waals surface area contributed by atoms with Gasteiger partial charge in [-0.2, -0.15) is 13.2 Å². The Bertz CT molecular complexity index is 531. The largest absolute Gasteiger partial charge is 0.416 e. The minimum atomic E-state index is -4.55. The predicted octanol–water partition coefficient (Wildman–Crippen LogP) is 5.25. The van der Waals surface area contributed by atoms with Crippen LogP contribution < -0.4 is 0 Å². The maximum absolute atomic E-state index is 13.5. The number of hydrogen-bond acceptors (Lipinski definition) is 1. The van der Waals surface area contributed by atoms with Crippen molar-refractivity contribution in [2.45, 2.75) is 44.7 Å². The zero-order valence-corrected chi connectivity index (χ0v) is 13.7. The second-order valence-corrected chi connectivity index (χ2v) is 8.50. The molecule has 6 heteroatoms. The van der Waals surface area contributed by atoms with Crippen molar-refractivity contribution < 1.29 is 17.6 Å². The smallest absolute Gasteiger partial charge is 0.252 e. The molecule has 120 valence electrons. The van der Waals surface area contributed by atoms with Crippen LogP contribution in [0.15, 0.2) is 18.2 Å². The zero-order chi connectivity index (χ0) is 16.6. The van der Waals surface area contributed by atoms with Crippen LogP contribution in [-0.2, 0) is 6.18 Å². The van der Waals surface area contributed by atoms with Gasteiger partial charge in [0.1, 0.15) is 5.82 Å². The van der Waals surface area contributed by atoms with Crippen LogP contribution in [0.1, 0.15) is 44.9 Å². The molecular formula is C15H21F4NS. The van der Waals surface area contributed by atoms with Gasteiger partial charge in [0.25, 0.3) is 0 Å². The highest BCUT2D eigenvalue weighted by molar-refractivity contribution is 8.13. The molecule has 0 amide bonds. The molecule has 2 unspecified atom stereocenters. The van der Waals surface area contributed by atoms with Gasteiger partial charge in [-0.15, -0.1) is 10.7 Å². The van der Waals surface area contributed by atoms with Gasteiger partial charge in [0.15, 0.2) is 0 Å². The van der Waals surface area contributed by atoms with Gasteiger partial charge in [0.05, 0.1) is 5.56 Å². The lowest BCUT2D eigenvalue weighted by atomic mass is 10.0. The lowest BCUT2D eigenvalue weighted by Gasteiger charge is -2.35. The summed E-state index contributed by atoms with van der Waals surface area (Å²) >= 11 is 0. The van der Waals surface area contributed by atoms with E-state index in [1.807, 2.05) is 25.1 Å². The van der Waals surface area contributed by atoms with E-state index in [-0.39, 0.29) is 10.8 Å². The summed E-state index contributed by atoms with van der Waals surface area (Å²) in [5.74, 6) is 3.21. The molecular weight excluding hydrogens is 302 g/mol. The standard InChI is InChI=1S/C15H21F4NS/c1-10(20(5)21(6)14(2,3)4)11-7-12(15(17,18)19)9-13(16)8-11/h7-10H,6H2,1-5H3. The minimum Gasteiger partial charge on any atom is -0.252 e. The number of benzene rings is 1. The van der Waals surface area contributed by atoms with Crippen LogP contribution >= 0.6 is 10.7 Å². The van der Waals surface area contributed by atoms with Crippen LogP contribution in [0, 0.1) is 5.82 Å². The third-order valence-electron chi connectivity index (χ3n) is 3.33. The molecule has 0 fully saturated rings. The van der Waals surface area contributed by atoms with E-state index in [2.05, 4.69) is 5.87 Å². The molecule has 0 aromatic heterocycles. The molecule has 21 heavy (non-hydrogen) atoms. The normalized spacial score (nSPS) is 16.1. The maximum atomic E-state index is 13.5. The zero-order valence-electron chi connectivity index (χ0n) is 12.9. The Morgan fingerprint density at radius 3 is 2.10 bits per heavy atom. The van der Waals surface area contributed by atoms with E-state index in [0.29, 0.717) is 11.6 Å². The van der Waals surface area contributed by atoms with Crippen molar-refractivity contribution in [1.29, 1.82) is 0 Å². The average Bonchev–Trinajstić information content (AvgIpc) is 2.33. The summed E-state index contributed by atoms with van der Waals surface area (Å²) < 4.78 is 53.6. The lowest BCUT2D eigenvalue weighted by Crippen LogP contribution is -2.26. The third kappa shape index (κ3) is 4.54. The fraction of sp³-hybridized carbons (Fsp3) is 0.533. The van der Waals surface area contributed by atoms with E-state index in [0.717, 1.165) is 12.1 Å². The summed E-state index contributed by atoms with van der Waals surface area (Å²) in [7, 11) is 1.38. The van der Waals surface area contributed by atoms with Gasteiger partial charge in [-0.1, -0.05) is 26.6 Å². The minimum absolute atomic E-state index is 0.108. The first kappa shape index (κ1) is 18.2. The monoisotopic (exact) mass is 323 g/mol. The van der Waals surface area contributed by atoms with E-state index in [1.54, 1.807) is 14.0 Å². The van der Waals surface area contributed by atoms with Crippen LogP contribution in [0.3, 0.4) is 0 Å². The van der Waals surface area contributed by atoms with Gasteiger partial charge in [-0.3, -0.25) is 4.31 Å². The summed E-state index contributed by atoms with van der Waals surface area (Å²) in [6, 6.07) is 2.31. The fourth-order valence-electron chi connectivity index (χ4n) is 1.85. The highest BCUT2D eigenvalue weighted by Gasteiger charge is 2.32. The molecule has 1 nitrogen and oxygen atoms in total. The van der Waals surface area contributed by atoms with Crippen molar-refractivity contribution in [2.75, 3.05) is 7.05 Å². The van der Waals surface area contributed by atoms with Gasteiger partial charge in [-0.25, -0.2) is 4.39 Å². The van der Waals surface area contributed by atoms with Crippen LogP contribution in [0.2, 0.25) is 0 Å². The van der Waals surface area contributed by atoms with Crippen molar-refractivity contribution >= 4 is 16.5 Å². The molecule has 0 aliphatic rings. The summed E-state index contributed by atoms with van der Waals surface area (Å²) in [5.41, 5.74) is -0.660. The first-order chi connectivity index (χ1) is 9.34. The number of hydrogen-bond donors (Lipinski definition) is 0. The quantitative estimate of drug-likeness (QED) is 0.542. The van der Waals surface area contributed by atoms with Crippen molar-refractivity contribution in [3.63, 3.8) is 0 Å². The fourth-order valence-corrected chi connectivity index (χ4v) is 3.22. The Morgan fingerprint density at radius 1 is 1.14 bits per heavy atom. The van der Waals surface area contributed by atoms with Gasteiger partial charge in [0.2, 0.25) is 0 Å². The summed E-state index contributed by atoms with van der Waals surface area (Å²) in [6.45, 7) is 7.79. The van der Waals surface area contributed by atoms with Gasteiger partial charge in [0, 0.05) is 10.8 Å². The SMILES string of the molecule is C=S(N(C)C(C)c1cc(F)cc(C(F)(F)F)c1)C(C)(C)C. The first-order valence-electron chi connectivity index (χ1n) is 6.48. The number of alkyl halides is 3. The van der Waals surface area contributed by atoms with Crippen LogP contribution in [0.5, 0.6) is 0 Å². The highest BCUT2D eigenvalue weighted by Crippen LogP contribution is 2.39. The number of halogens is 4. The molecule has 0 saturated carbocycles. The van der Waals surface area contributed by atoms with E-state index in [1.165, 1.54) is 0 Å². The molecule has 2 atom stereocenters. The van der Waals surface area contributed by atoms with Crippen LogP contribution in [0.25, 0.3) is 0 Å². The predicted molar refractivity (Wildman–Crippen MR) is 82.0 cm³/mol. The Kier molecular flexibility index (Phi) is 5.26. The second-order valence-electron chi connectivity index (χ2n) is 5.97. The molecule has 0 spiro atoms. The molecule has 0 heterocycles. The second kappa shape index (κ2) is 6.08. The highest BCUT2D eigenvalue weighted by atomic mass is 32.2. The Labute approximate surface area is 126 Å². The van der Waals surface area contributed by atoms with E-state index in [4.69, 9.17) is 0 Å². The van der Waals surface area contributed by atoms with Gasteiger partial charge in [-0.05, 0) is 37.7 Å². The summed E-state index contributed by atoms with van der Waals surface area (Å²) in [5, 5.41) is 0. The van der Waals surface area contributed by atoms with Crippen molar-refractivity contribution in [3.05, 3.63) is 35.1 Å². The molecule has 0 radical (unpaired) electrons. The Balaban J connectivity index is 3.16. The van der Waals surface area contributed by atoms with Gasteiger partial charge >= 0.3 is 6.18 Å². The molecule has 0 aliphatic carbocycles. The van der Waals surface area contributed by atoms with E-state index >= 15 is 0 Å². The topological polar surface area (TPSA) is 3.24 Å². The molecule has 1 aromatic carbocycles. The molecule has 0 aliphatic heterocycles. The Morgan fingerprint density at radius 2 is 1.67 bits per heavy atom. The van der Waals surface area contributed by atoms with Crippen molar-refractivity contribution in [2.24, 2.45) is 0 Å². The third-order valence-corrected chi connectivity index (χ3v) is 5.75. The lowest BCUT2D eigenvalue weighted by molar-refractivity contribution is -0.137. The molecule has 1 rings (SSSR count). The molecule has 0 saturated heterocycles. The summed E-state index contributed by atoms with van der Waals surface area (Å²) in [4.78, 5) is 0. The molecule has 0 N–H and O–H groups in total. The van der Waals surface area contributed by atoms with Crippen LogP contribution in [0.4, 0.5) is 17.6 Å². The maximum Gasteiger partial charge on any atom is 0.416 e. The Hall–Kier alpha value is -0.880. The van der Waals surface area contributed by atoms with Gasteiger partial charge < -0.3 is 0 Å². The average molecular weight is 323 g/mol. The van der Waals surface area contributed by atoms with E-state index in [9.17, 15) is 17.6 Å². The molecule has 0 bridgehead atoms. The molecule has 1 aromatic rings. The first-order valence-corrected chi connectivity index (χ1v) is 7.84. The van der Waals surface area contributed by atoms with Crippen molar-refractivity contribution in [1.82, 2.24) is 4.31 Å². The van der Waals surface area contributed by atoms with Crippen LogP contribution in [-0.4, -0.2) is 22.0 Å². The number of rotatable bonds is 3. The van der Waals surface area contributed by atoms with E-state index < -0.39 is 28.2 Å². The van der Waals surface area contributed by atoms with Crippen molar-refractivity contribution in [3.8, 4) is 0 Å². The number of nitrogens with zero attached hydrogens (tertiary/aromatic N) is 1. The summed E-state index contributed by atoms with van der Waals surface area (Å²) in [6.07, 6.45) is -4.55.